The lowest BCUT2D eigenvalue weighted by molar-refractivity contribution is -0.146. The van der Waals surface area contributed by atoms with Gasteiger partial charge in [0, 0.05) is 5.56 Å². The van der Waals surface area contributed by atoms with Gasteiger partial charge in [-0.25, -0.2) is 4.79 Å². The summed E-state index contributed by atoms with van der Waals surface area (Å²) in [6.07, 6.45) is 0.820. The highest BCUT2D eigenvalue weighted by molar-refractivity contribution is 7.18. The molecule has 2 N–H and O–H groups in total. The van der Waals surface area contributed by atoms with E-state index in [4.69, 9.17) is 20.5 Å². The molecule has 7 heteroatoms. The van der Waals surface area contributed by atoms with Gasteiger partial charge in [-0.15, -0.1) is 11.3 Å². The van der Waals surface area contributed by atoms with Crippen LogP contribution in [0, 0.1) is 23.2 Å². The van der Waals surface area contributed by atoms with E-state index in [0.29, 0.717) is 11.5 Å². The van der Waals surface area contributed by atoms with Gasteiger partial charge in [-0.1, -0.05) is 6.92 Å². The molecule has 0 unspecified atom stereocenters. The summed E-state index contributed by atoms with van der Waals surface area (Å²) in [5.41, 5.74) is 6.25. The normalized spacial score (nSPS) is 19.7. The van der Waals surface area contributed by atoms with E-state index < -0.39 is 5.97 Å². The SMILES string of the molecule is CCOC(=O)c1sc(N)c(C#N)c1COC(=O)[C@@H]1C[C@@H]1C. The predicted octanol–water partition coefficient (Wildman–Crippen LogP) is 2.08. The lowest BCUT2D eigenvalue weighted by Gasteiger charge is -2.06. The van der Waals surface area contributed by atoms with Gasteiger partial charge in [0.1, 0.15) is 22.6 Å². The molecule has 0 spiro atoms. The number of hydrogen-bond acceptors (Lipinski definition) is 7. The summed E-state index contributed by atoms with van der Waals surface area (Å²) in [5, 5.41) is 9.37. The highest BCUT2D eigenvalue weighted by Gasteiger charge is 2.40. The molecule has 1 aliphatic rings. The van der Waals surface area contributed by atoms with Crippen LogP contribution in [0.5, 0.6) is 0 Å². The lowest BCUT2D eigenvalue weighted by Crippen LogP contribution is -2.11. The average molecular weight is 308 g/mol. The maximum absolute atomic E-state index is 11.9. The van der Waals surface area contributed by atoms with Crippen molar-refractivity contribution in [3.8, 4) is 6.07 Å². The van der Waals surface area contributed by atoms with E-state index in [1.807, 2.05) is 13.0 Å². The van der Waals surface area contributed by atoms with E-state index in [1.54, 1.807) is 6.92 Å². The number of carbonyl (C=O) groups excluding carboxylic acids is 2. The fourth-order valence-electron chi connectivity index (χ4n) is 2.01. The van der Waals surface area contributed by atoms with Crippen LogP contribution in [-0.2, 0) is 20.9 Å². The number of ether oxygens (including phenoxy) is 2. The van der Waals surface area contributed by atoms with Crippen molar-refractivity contribution in [3.05, 3.63) is 16.0 Å². The van der Waals surface area contributed by atoms with E-state index in [0.717, 1.165) is 17.8 Å². The second-order valence-electron chi connectivity index (χ2n) is 4.91. The van der Waals surface area contributed by atoms with Crippen molar-refractivity contribution in [2.75, 3.05) is 12.3 Å². The number of nitriles is 1. The Morgan fingerprint density at radius 3 is 2.67 bits per heavy atom. The van der Waals surface area contributed by atoms with Crippen molar-refractivity contribution in [2.45, 2.75) is 26.9 Å². The van der Waals surface area contributed by atoms with Crippen LogP contribution in [0.15, 0.2) is 0 Å². The molecule has 0 amide bonds. The molecular formula is C14H16N2O4S. The molecule has 0 bridgehead atoms. The third-order valence-corrected chi connectivity index (χ3v) is 4.42. The molecule has 0 saturated heterocycles. The number of nitrogens with two attached hydrogens (primary N) is 1. The van der Waals surface area contributed by atoms with Gasteiger partial charge in [0.2, 0.25) is 0 Å². The van der Waals surface area contributed by atoms with Crippen molar-refractivity contribution in [1.82, 2.24) is 0 Å². The average Bonchev–Trinajstić information content (AvgIpc) is 3.08. The van der Waals surface area contributed by atoms with Gasteiger partial charge in [-0.05, 0) is 19.3 Å². The fourth-order valence-corrected chi connectivity index (χ4v) is 2.92. The number of thiophene rings is 1. The molecule has 1 saturated carbocycles. The molecule has 2 rings (SSSR count). The molecule has 0 aromatic carbocycles. The molecule has 2 atom stereocenters. The fraction of sp³-hybridized carbons (Fsp3) is 0.500. The van der Waals surface area contributed by atoms with E-state index >= 15 is 0 Å². The Labute approximate surface area is 126 Å². The van der Waals surface area contributed by atoms with Gasteiger partial charge >= 0.3 is 11.9 Å². The van der Waals surface area contributed by atoms with Gasteiger partial charge in [0.05, 0.1) is 18.1 Å². The smallest absolute Gasteiger partial charge is 0.348 e. The number of nitrogens with zero attached hydrogens (tertiary/aromatic N) is 1. The quantitative estimate of drug-likeness (QED) is 0.835. The van der Waals surface area contributed by atoms with Crippen LogP contribution in [0.25, 0.3) is 0 Å². The molecule has 112 valence electrons. The predicted molar refractivity (Wildman–Crippen MR) is 76.5 cm³/mol. The topological polar surface area (TPSA) is 102 Å². The molecule has 1 aliphatic carbocycles. The Morgan fingerprint density at radius 2 is 2.14 bits per heavy atom. The summed E-state index contributed by atoms with van der Waals surface area (Å²) < 4.78 is 10.1. The van der Waals surface area contributed by atoms with Gasteiger partial charge in [-0.3, -0.25) is 4.79 Å². The van der Waals surface area contributed by atoms with Crippen molar-refractivity contribution < 1.29 is 19.1 Å². The summed E-state index contributed by atoms with van der Waals surface area (Å²) >= 11 is 0.979. The molecule has 21 heavy (non-hydrogen) atoms. The maximum atomic E-state index is 11.9. The minimum Gasteiger partial charge on any atom is -0.462 e. The summed E-state index contributed by atoms with van der Waals surface area (Å²) in [6, 6.07) is 1.94. The minimum atomic E-state index is -0.554. The maximum Gasteiger partial charge on any atom is 0.348 e. The summed E-state index contributed by atoms with van der Waals surface area (Å²) in [5.74, 6) is -0.588. The van der Waals surface area contributed by atoms with Crippen molar-refractivity contribution in [1.29, 1.82) is 5.26 Å². The molecule has 0 aliphatic heterocycles. The van der Waals surface area contributed by atoms with Crippen LogP contribution >= 0.6 is 11.3 Å². The van der Waals surface area contributed by atoms with Gasteiger partial charge < -0.3 is 15.2 Å². The van der Waals surface area contributed by atoms with Crippen molar-refractivity contribution in [3.63, 3.8) is 0 Å². The number of esters is 2. The van der Waals surface area contributed by atoms with Crippen molar-refractivity contribution >= 4 is 28.3 Å². The number of nitrogen functional groups attached to an aromatic ring is 1. The Hall–Kier alpha value is -2.07. The Bertz CT molecular complexity index is 617. The van der Waals surface area contributed by atoms with Crippen molar-refractivity contribution in [2.24, 2.45) is 11.8 Å². The zero-order valence-electron chi connectivity index (χ0n) is 11.8. The molecule has 1 aromatic rings. The summed E-state index contributed by atoms with van der Waals surface area (Å²) in [7, 11) is 0. The molecule has 1 aromatic heterocycles. The van der Waals surface area contributed by atoms with Crippen LogP contribution in [0.4, 0.5) is 5.00 Å². The van der Waals surface area contributed by atoms with Crippen LogP contribution < -0.4 is 5.73 Å². The number of hydrogen-bond donors (Lipinski definition) is 1. The first-order chi connectivity index (χ1) is 9.99. The summed E-state index contributed by atoms with van der Waals surface area (Å²) in [4.78, 5) is 23.9. The zero-order valence-corrected chi connectivity index (χ0v) is 12.7. The number of rotatable bonds is 5. The minimum absolute atomic E-state index is 0.0717. The number of anilines is 1. The first kappa shape index (κ1) is 15.3. The Balaban J connectivity index is 2.17. The largest absolute Gasteiger partial charge is 0.462 e. The molecule has 6 nitrogen and oxygen atoms in total. The van der Waals surface area contributed by atoms with Gasteiger partial charge in [-0.2, -0.15) is 5.26 Å². The third kappa shape index (κ3) is 3.16. The summed E-state index contributed by atoms with van der Waals surface area (Å²) in [6.45, 7) is 3.75. The monoisotopic (exact) mass is 308 g/mol. The van der Waals surface area contributed by atoms with Crippen LogP contribution in [0.2, 0.25) is 0 Å². The lowest BCUT2D eigenvalue weighted by atomic mass is 10.1. The van der Waals surface area contributed by atoms with Crippen LogP contribution in [0.3, 0.4) is 0 Å². The molecule has 0 radical (unpaired) electrons. The first-order valence-corrected chi connectivity index (χ1v) is 7.46. The molecule has 1 fully saturated rings. The molecule has 1 heterocycles. The van der Waals surface area contributed by atoms with E-state index in [1.165, 1.54) is 0 Å². The van der Waals surface area contributed by atoms with E-state index in [2.05, 4.69) is 0 Å². The number of carbonyl (C=O) groups is 2. The Morgan fingerprint density at radius 1 is 1.48 bits per heavy atom. The highest BCUT2D eigenvalue weighted by Crippen LogP contribution is 2.39. The first-order valence-electron chi connectivity index (χ1n) is 6.64. The van der Waals surface area contributed by atoms with Crippen LogP contribution in [-0.4, -0.2) is 18.5 Å². The van der Waals surface area contributed by atoms with E-state index in [-0.39, 0.29) is 40.5 Å². The van der Waals surface area contributed by atoms with Crippen LogP contribution in [0.1, 0.15) is 41.1 Å². The van der Waals surface area contributed by atoms with Gasteiger partial charge in [0.25, 0.3) is 0 Å². The second kappa shape index (κ2) is 6.14. The van der Waals surface area contributed by atoms with Gasteiger partial charge in [0.15, 0.2) is 0 Å². The van der Waals surface area contributed by atoms with E-state index in [9.17, 15) is 9.59 Å². The second-order valence-corrected chi connectivity index (χ2v) is 5.96. The Kier molecular flexibility index (Phi) is 4.48. The zero-order chi connectivity index (χ0) is 15.6. The highest BCUT2D eigenvalue weighted by atomic mass is 32.1. The molecular weight excluding hydrogens is 292 g/mol. The standard InChI is InChI=1S/C14H16N2O4S/c1-3-19-14(18)11-10(9(5-15)12(16)21-11)6-20-13(17)8-4-7(8)2/h7-8H,3-4,6,16H2,1-2H3/t7-,8+/m0/s1. The third-order valence-electron chi connectivity index (χ3n) is 3.38.